The van der Waals surface area contributed by atoms with Gasteiger partial charge in [0.05, 0.1) is 16.1 Å². The van der Waals surface area contributed by atoms with Crippen molar-refractivity contribution in [1.82, 2.24) is 0 Å². The molecule has 118 valence electrons. The highest BCUT2D eigenvalue weighted by Crippen LogP contribution is 2.34. The zero-order chi connectivity index (χ0) is 16.3. The van der Waals surface area contributed by atoms with Crippen molar-refractivity contribution >= 4 is 48.9 Å². The Morgan fingerprint density at radius 2 is 2.09 bits per heavy atom. The lowest BCUT2D eigenvalue weighted by Crippen LogP contribution is -2.13. The highest BCUT2D eigenvalue weighted by atomic mass is 79.9. The SMILES string of the molecule is CCOc1ccccc1NS(=O)(=O)c1cc(C(=O)O)sc1Br. The van der Waals surface area contributed by atoms with Gasteiger partial charge in [-0.15, -0.1) is 11.3 Å². The number of hydrogen-bond donors (Lipinski definition) is 2. The Hall–Kier alpha value is -1.58. The van der Waals surface area contributed by atoms with Gasteiger partial charge >= 0.3 is 5.97 Å². The van der Waals surface area contributed by atoms with Crippen LogP contribution in [0.5, 0.6) is 5.75 Å². The fourth-order valence-corrected chi connectivity index (χ4v) is 5.15. The summed E-state index contributed by atoms with van der Waals surface area (Å²) < 4.78 is 32.9. The molecule has 0 saturated carbocycles. The molecule has 0 spiro atoms. The second-order valence-electron chi connectivity index (χ2n) is 4.09. The average molecular weight is 406 g/mol. The Kier molecular flexibility index (Phi) is 5.09. The van der Waals surface area contributed by atoms with Gasteiger partial charge in [0.25, 0.3) is 10.0 Å². The standard InChI is InChI=1S/C13H12BrNO5S2/c1-2-20-9-6-4-3-5-8(9)15-22(18,19)11-7-10(13(16)17)21-12(11)14/h3-7,15H,2H2,1H3,(H,16,17). The number of hydrogen-bond acceptors (Lipinski definition) is 5. The predicted octanol–water partition coefficient (Wildman–Crippen LogP) is 3.41. The van der Waals surface area contributed by atoms with Crippen LogP contribution in [-0.4, -0.2) is 26.1 Å². The number of thiophene rings is 1. The van der Waals surface area contributed by atoms with E-state index < -0.39 is 16.0 Å². The first kappa shape index (κ1) is 16.8. The second-order valence-corrected chi connectivity index (χ2v) is 8.11. The van der Waals surface area contributed by atoms with Crippen molar-refractivity contribution in [3.05, 3.63) is 39.0 Å². The average Bonchev–Trinajstić information content (AvgIpc) is 2.84. The Morgan fingerprint density at radius 1 is 1.41 bits per heavy atom. The third-order valence-corrected chi connectivity index (χ3v) is 6.19. The molecule has 0 saturated heterocycles. The Morgan fingerprint density at radius 3 is 2.68 bits per heavy atom. The number of ether oxygens (including phenoxy) is 1. The van der Waals surface area contributed by atoms with E-state index in [1.165, 1.54) is 0 Å². The smallest absolute Gasteiger partial charge is 0.345 e. The first-order valence-corrected chi connectivity index (χ1v) is 9.21. The van der Waals surface area contributed by atoms with Crippen LogP contribution < -0.4 is 9.46 Å². The molecular weight excluding hydrogens is 394 g/mol. The van der Waals surface area contributed by atoms with Crippen LogP contribution in [0.15, 0.2) is 39.0 Å². The van der Waals surface area contributed by atoms with E-state index in [2.05, 4.69) is 20.7 Å². The molecule has 0 fully saturated rings. The monoisotopic (exact) mass is 405 g/mol. The number of aromatic carboxylic acids is 1. The summed E-state index contributed by atoms with van der Waals surface area (Å²) in [6.07, 6.45) is 0. The van der Waals surface area contributed by atoms with Gasteiger partial charge in [0.1, 0.15) is 15.5 Å². The first-order chi connectivity index (χ1) is 10.3. The minimum absolute atomic E-state index is 0.0645. The lowest BCUT2D eigenvalue weighted by Gasteiger charge is -2.12. The maximum Gasteiger partial charge on any atom is 0.345 e. The van der Waals surface area contributed by atoms with Gasteiger partial charge in [-0.2, -0.15) is 0 Å². The fourth-order valence-electron chi connectivity index (χ4n) is 1.67. The minimum atomic E-state index is -3.93. The molecule has 2 N–H and O–H groups in total. The summed E-state index contributed by atoms with van der Waals surface area (Å²) in [5, 5.41) is 8.95. The van der Waals surface area contributed by atoms with Gasteiger partial charge < -0.3 is 9.84 Å². The number of para-hydroxylation sites is 2. The Balaban J connectivity index is 2.38. The van der Waals surface area contributed by atoms with Crippen molar-refractivity contribution in [1.29, 1.82) is 0 Å². The largest absolute Gasteiger partial charge is 0.492 e. The molecule has 2 rings (SSSR count). The van der Waals surface area contributed by atoms with Crippen LogP contribution in [0.1, 0.15) is 16.6 Å². The van der Waals surface area contributed by atoms with Crippen LogP contribution >= 0.6 is 27.3 Å². The molecular formula is C13H12BrNO5S2. The topological polar surface area (TPSA) is 92.7 Å². The van der Waals surface area contributed by atoms with Gasteiger partial charge in [-0.25, -0.2) is 13.2 Å². The lowest BCUT2D eigenvalue weighted by molar-refractivity contribution is 0.0702. The normalized spacial score (nSPS) is 11.2. The van der Waals surface area contributed by atoms with Gasteiger partial charge in [0.2, 0.25) is 0 Å². The number of carboxylic acid groups (broad SMARTS) is 1. The number of benzene rings is 1. The van der Waals surface area contributed by atoms with Gasteiger partial charge in [-0.1, -0.05) is 12.1 Å². The van der Waals surface area contributed by atoms with E-state index in [1.54, 1.807) is 31.2 Å². The lowest BCUT2D eigenvalue weighted by atomic mass is 10.3. The first-order valence-electron chi connectivity index (χ1n) is 6.12. The minimum Gasteiger partial charge on any atom is -0.492 e. The van der Waals surface area contributed by atoms with Crippen LogP contribution in [0.25, 0.3) is 0 Å². The molecule has 1 heterocycles. The Labute approximate surface area is 139 Å². The van der Waals surface area contributed by atoms with Gasteiger partial charge in [0.15, 0.2) is 0 Å². The highest BCUT2D eigenvalue weighted by molar-refractivity contribution is 9.11. The van der Waals surface area contributed by atoms with Crippen molar-refractivity contribution < 1.29 is 23.1 Å². The second kappa shape index (κ2) is 6.67. The number of rotatable bonds is 6. The third kappa shape index (κ3) is 3.60. The molecule has 0 aliphatic rings. The van der Waals surface area contributed by atoms with Crippen LogP contribution in [-0.2, 0) is 10.0 Å². The summed E-state index contributed by atoms with van der Waals surface area (Å²) in [5.74, 6) is -0.778. The summed E-state index contributed by atoms with van der Waals surface area (Å²) in [4.78, 5) is 10.8. The third-order valence-electron chi connectivity index (χ3n) is 2.59. The molecule has 2 aromatic rings. The van der Waals surface area contributed by atoms with Crippen molar-refractivity contribution in [2.75, 3.05) is 11.3 Å². The zero-order valence-electron chi connectivity index (χ0n) is 11.4. The maximum atomic E-state index is 12.4. The van der Waals surface area contributed by atoms with E-state index in [0.717, 1.165) is 17.4 Å². The summed E-state index contributed by atoms with van der Waals surface area (Å²) in [6, 6.07) is 7.73. The van der Waals surface area contributed by atoms with E-state index in [-0.39, 0.29) is 13.6 Å². The molecule has 0 aliphatic carbocycles. The maximum absolute atomic E-state index is 12.4. The molecule has 0 aliphatic heterocycles. The van der Waals surface area contributed by atoms with E-state index in [9.17, 15) is 13.2 Å². The fraction of sp³-hybridized carbons (Fsp3) is 0.154. The van der Waals surface area contributed by atoms with Gasteiger partial charge in [-0.05, 0) is 41.1 Å². The van der Waals surface area contributed by atoms with Crippen LogP contribution in [0.2, 0.25) is 0 Å². The number of nitrogens with one attached hydrogen (secondary N) is 1. The van der Waals surface area contributed by atoms with Crippen LogP contribution in [0.3, 0.4) is 0 Å². The Bertz CT molecular complexity index is 801. The molecule has 0 amide bonds. The molecule has 0 radical (unpaired) electrons. The number of anilines is 1. The molecule has 0 bridgehead atoms. The molecule has 0 atom stereocenters. The van der Waals surface area contributed by atoms with E-state index >= 15 is 0 Å². The molecule has 1 aromatic heterocycles. The number of halogens is 1. The van der Waals surface area contributed by atoms with Crippen LogP contribution in [0.4, 0.5) is 5.69 Å². The quantitative estimate of drug-likeness (QED) is 0.767. The summed E-state index contributed by atoms with van der Waals surface area (Å²) >= 11 is 3.93. The number of sulfonamides is 1. The molecule has 9 heteroatoms. The molecule has 0 unspecified atom stereocenters. The number of carbonyl (C=O) groups is 1. The van der Waals surface area contributed by atoms with Crippen molar-refractivity contribution in [3.8, 4) is 5.75 Å². The molecule has 22 heavy (non-hydrogen) atoms. The van der Waals surface area contributed by atoms with Gasteiger partial charge in [0, 0.05) is 0 Å². The van der Waals surface area contributed by atoms with Crippen molar-refractivity contribution in [2.24, 2.45) is 0 Å². The summed E-state index contributed by atoms with van der Waals surface area (Å²) in [7, 11) is -3.93. The summed E-state index contributed by atoms with van der Waals surface area (Å²) in [6.45, 7) is 2.18. The van der Waals surface area contributed by atoms with E-state index in [1.807, 2.05) is 0 Å². The zero-order valence-corrected chi connectivity index (χ0v) is 14.6. The molecule has 1 aromatic carbocycles. The van der Waals surface area contributed by atoms with Crippen molar-refractivity contribution in [2.45, 2.75) is 11.8 Å². The number of carboxylic acids is 1. The predicted molar refractivity (Wildman–Crippen MR) is 87.4 cm³/mol. The highest BCUT2D eigenvalue weighted by Gasteiger charge is 2.24. The van der Waals surface area contributed by atoms with E-state index in [4.69, 9.17) is 9.84 Å². The van der Waals surface area contributed by atoms with Crippen LogP contribution in [0, 0.1) is 0 Å². The summed E-state index contributed by atoms with van der Waals surface area (Å²) in [5.41, 5.74) is 0.291. The van der Waals surface area contributed by atoms with Crippen molar-refractivity contribution in [3.63, 3.8) is 0 Å². The van der Waals surface area contributed by atoms with E-state index in [0.29, 0.717) is 18.0 Å². The van der Waals surface area contributed by atoms with Gasteiger partial charge in [-0.3, -0.25) is 4.72 Å². The molecule has 6 nitrogen and oxygen atoms in total.